The van der Waals surface area contributed by atoms with Gasteiger partial charge in [-0.3, -0.25) is 10.1 Å². The lowest BCUT2D eigenvalue weighted by Crippen LogP contribution is -2.11. The van der Waals surface area contributed by atoms with Gasteiger partial charge in [-0.05, 0) is 42.0 Å². The highest BCUT2D eigenvalue weighted by Crippen LogP contribution is 2.20. The van der Waals surface area contributed by atoms with E-state index >= 15 is 0 Å². The number of carbonyl (C=O) groups excluding carboxylic acids is 1. The monoisotopic (exact) mass is 359 g/mol. The van der Waals surface area contributed by atoms with E-state index < -0.39 is 0 Å². The molecule has 0 unspecified atom stereocenters. The Balaban J connectivity index is 1.64. The average Bonchev–Trinajstić information content (AvgIpc) is 3.04. The third-order valence-corrected chi connectivity index (χ3v) is 4.40. The zero-order valence-electron chi connectivity index (χ0n) is 12.8. The van der Waals surface area contributed by atoms with Crippen LogP contribution < -0.4 is 10.1 Å². The van der Waals surface area contributed by atoms with Gasteiger partial charge < -0.3 is 4.74 Å². The number of methoxy groups -OCH3 is 1. The predicted molar refractivity (Wildman–Crippen MR) is 95.1 cm³/mol. The average molecular weight is 360 g/mol. The zero-order valence-corrected chi connectivity index (χ0v) is 14.4. The number of ether oxygens (including phenoxy) is 1. The van der Waals surface area contributed by atoms with Crippen LogP contribution >= 0.6 is 22.9 Å². The summed E-state index contributed by atoms with van der Waals surface area (Å²) in [6.45, 7) is 0. The summed E-state index contributed by atoms with van der Waals surface area (Å²) < 4.78 is 5.07. The van der Waals surface area contributed by atoms with Gasteiger partial charge in [0.2, 0.25) is 5.13 Å². The normalized spacial score (nSPS) is 10.4. The number of aromatic nitrogens is 2. The van der Waals surface area contributed by atoms with Crippen LogP contribution in [0.3, 0.4) is 0 Å². The molecule has 0 aliphatic carbocycles. The highest BCUT2D eigenvalue weighted by Gasteiger charge is 2.11. The number of amides is 1. The summed E-state index contributed by atoms with van der Waals surface area (Å²) >= 11 is 7.22. The number of benzene rings is 2. The highest BCUT2D eigenvalue weighted by atomic mass is 35.5. The van der Waals surface area contributed by atoms with Gasteiger partial charge in [-0.2, -0.15) is 0 Å². The summed E-state index contributed by atoms with van der Waals surface area (Å²) in [4.78, 5) is 12.2. The van der Waals surface area contributed by atoms with Crippen LogP contribution in [0.1, 0.15) is 20.9 Å². The van der Waals surface area contributed by atoms with Crippen LogP contribution in [0.25, 0.3) is 0 Å². The van der Waals surface area contributed by atoms with Gasteiger partial charge in [0, 0.05) is 17.0 Å². The molecule has 0 aliphatic rings. The molecule has 3 aromatic rings. The van der Waals surface area contributed by atoms with Crippen molar-refractivity contribution in [1.82, 2.24) is 10.2 Å². The summed E-state index contributed by atoms with van der Waals surface area (Å²) in [5.41, 5.74) is 1.62. The van der Waals surface area contributed by atoms with E-state index in [0.717, 1.165) is 10.6 Å². The Morgan fingerprint density at radius 1 is 1.12 bits per heavy atom. The van der Waals surface area contributed by atoms with Gasteiger partial charge in [0.15, 0.2) is 0 Å². The minimum Gasteiger partial charge on any atom is -0.497 e. The van der Waals surface area contributed by atoms with Crippen LogP contribution in [0.15, 0.2) is 48.5 Å². The number of carbonyl (C=O) groups is 1. The standard InChI is InChI=1S/C17H14ClN3O2S/c1-23-14-8-4-12(5-9-14)16(22)19-17-21-20-15(24-17)10-11-2-6-13(18)7-3-11/h2-9H,10H2,1H3,(H,19,21,22). The van der Waals surface area contributed by atoms with Gasteiger partial charge in [0.25, 0.3) is 5.91 Å². The van der Waals surface area contributed by atoms with E-state index in [-0.39, 0.29) is 5.91 Å². The van der Waals surface area contributed by atoms with Crippen molar-refractivity contribution in [3.8, 4) is 5.75 Å². The fraction of sp³-hybridized carbons (Fsp3) is 0.118. The fourth-order valence-corrected chi connectivity index (χ4v) is 2.96. The van der Waals surface area contributed by atoms with Crippen molar-refractivity contribution in [2.45, 2.75) is 6.42 Å². The number of hydrogen-bond donors (Lipinski definition) is 1. The molecule has 0 bridgehead atoms. The number of rotatable bonds is 5. The Kier molecular flexibility index (Phi) is 5.08. The summed E-state index contributed by atoms with van der Waals surface area (Å²) in [5.74, 6) is 0.472. The molecule has 24 heavy (non-hydrogen) atoms. The lowest BCUT2D eigenvalue weighted by molar-refractivity contribution is 0.102. The molecule has 1 heterocycles. The second kappa shape index (κ2) is 7.42. The third kappa shape index (κ3) is 4.10. The molecule has 0 fully saturated rings. The topological polar surface area (TPSA) is 64.1 Å². The van der Waals surface area contributed by atoms with Crippen molar-refractivity contribution in [2.75, 3.05) is 12.4 Å². The smallest absolute Gasteiger partial charge is 0.257 e. The number of anilines is 1. The molecule has 1 amide bonds. The molecule has 122 valence electrons. The Bertz CT molecular complexity index is 832. The number of hydrogen-bond acceptors (Lipinski definition) is 5. The van der Waals surface area contributed by atoms with Crippen LogP contribution in [0.2, 0.25) is 5.02 Å². The lowest BCUT2D eigenvalue weighted by Gasteiger charge is -2.02. The van der Waals surface area contributed by atoms with Crippen LogP contribution in [-0.2, 0) is 6.42 Å². The molecule has 5 nitrogen and oxygen atoms in total. The Morgan fingerprint density at radius 2 is 1.83 bits per heavy atom. The van der Waals surface area contributed by atoms with Crippen LogP contribution in [0, 0.1) is 0 Å². The van der Waals surface area contributed by atoms with Crippen LogP contribution in [0.5, 0.6) is 5.75 Å². The molecule has 3 rings (SSSR count). The first-order valence-electron chi connectivity index (χ1n) is 7.16. The first-order chi connectivity index (χ1) is 11.6. The van der Waals surface area contributed by atoms with Gasteiger partial charge in [-0.15, -0.1) is 10.2 Å². The van der Waals surface area contributed by atoms with Gasteiger partial charge >= 0.3 is 0 Å². The van der Waals surface area contributed by atoms with E-state index in [1.54, 1.807) is 31.4 Å². The van der Waals surface area contributed by atoms with Crippen molar-refractivity contribution in [2.24, 2.45) is 0 Å². The van der Waals surface area contributed by atoms with Crippen LogP contribution in [-0.4, -0.2) is 23.2 Å². The number of nitrogens with zero attached hydrogens (tertiary/aromatic N) is 2. The third-order valence-electron chi connectivity index (χ3n) is 3.31. The van der Waals surface area contributed by atoms with E-state index in [4.69, 9.17) is 16.3 Å². The maximum atomic E-state index is 12.2. The second-order valence-corrected chi connectivity index (χ2v) is 6.49. The molecule has 0 saturated carbocycles. The summed E-state index contributed by atoms with van der Waals surface area (Å²) in [6, 6.07) is 14.4. The van der Waals surface area contributed by atoms with Gasteiger partial charge in [0.05, 0.1) is 7.11 Å². The molecule has 1 N–H and O–H groups in total. The van der Waals surface area contributed by atoms with Gasteiger partial charge in [0.1, 0.15) is 10.8 Å². The Hall–Kier alpha value is -2.44. The molecule has 0 radical (unpaired) electrons. The van der Waals surface area contributed by atoms with Crippen LogP contribution in [0.4, 0.5) is 5.13 Å². The summed E-state index contributed by atoms with van der Waals surface area (Å²) in [6.07, 6.45) is 0.646. The van der Waals surface area contributed by atoms with E-state index in [1.807, 2.05) is 24.3 Å². The zero-order chi connectivity index (χ0) is 16.9. The number of nitrogens with one attached hydrogen (secondary N) is 1. The number of halogens is 1. The Labute approximate surface area is 148 Å². The van der Waals surface area contributed by atoms with E-state index in [9.17, 15) is 4.79 Å². The largest absolute Gasteiger partial charge is 0.497 e. The van der Waals surface area contributed by atoms with Gasteiger partial charge in [-0.1, -0.05) is 35.1 Å². The molecule has 7 heteroatoms. The van der Waals surface area contributed by atoms with Crippen molar-refractivity contribution < 1.29 is 9.53 Å². The maximum Gasteiger partial charge on any atom is 0.257 e. The predicted octanol–water partition coefficient (Wildman–Crippen LogP) is 4.04. The lowest BCUT2D eigenvalue weighted by atomic mass is 10.2. The molecule has 2 aromatic carbocycles. The maximum absolute atomic E-state index is 12.2. The molecular weight excluding hydrogens is 346 g/mol. The van der Waals surface area contributed by atoms with E-state index in [1.165, 1.54) is 11.3 Å². The molecular formula is C17H14ClN3O2S. The molecule has 0 aliphatic heterocycles. The van der Waals surface area contributed by atoms with Gasteiger partial charge in [-0.25, -0.2) is 0 Å². The minimum absolute atomic E-state index is 0.230. The Morgan fingerprint density at radius 3 is 2.50 bits per heavy atom. The molecule has 0 atom stereocenters. The van der Waals surface area contributed by atoms with Crippen molar-refractivity contribution in [1.29, 1.82) is 0 Å². The molecule has 0 spiro atoms. The van der Waals surface area contributed by atoms with Crippen molar-refractivity contribution in [3.05, 3.63) is 69.7 Å². The quantitative estimate of drug-likeness (QED) is 0.746. The first kappa shape index (κ1) is 16.4. The first-order valence-corrected chi connectivity index (χ1v) is 8.36. The van der Waals surface area contributed by atoms with Crippen molar-refractivity contribution >= 4 is 34.0 Å². The summed E-state index contributed by atoms with van der Waals surface area (Å²) in [5, 5.41) is 12.9. The van der Waals surface area contributed by atoms with E-state index in [0.29, 0.717) is 27.9 Å². The SMILES string of the molecule is COc1ccc(C(=O)Nc2nnc(Cc3ccc(Cl)cc3)s2)cc1. The molecule has 1 aromatic heterocycles. The second-order valence-electron chi connectivity index (χ2n) is 4.99. The fourth-order valence-electron chi connectivity index (χ4n) is 2.06. The summed E-state index contributed by atoms with van der Waals surface area (Å²) in [7, 11) is 1.58. The highest BCUT2D eigenvalue weighted by molar-refractivity contribution is 7.15. The van der Waals surface area contributed by atoms with Crippen molar-refractivity contribution in [3.63, 3.8) is 0 Å². The van der Waals surface area contributed by atoms with E-state index in [2.05, 4.69) is 15.5 Å². The minimum atomic E-state index is -0.230. The molecule has 0 saturated heterocycles.